The van der Waals surface area contributed by atoms with Crippen LogP contribution in [-0.2, 0) is 11.0 Å². The molecule has 2 aromatic carbocycles. The van der Waals surface area contributed by atoms with Gasteiger partial charge < -0.3 is 10.2 Å². The van der Waals surface area contributed by atoms with E-state index in [1.165, 1.54) is 7.05 Å². The summed E-state index contributed by atoms with van der Waals surface area (Å²) in [7, 11) is 1.17. The average Bonchev–Trinajstić information content (AvgIpc) is 3.14. The van der Waals surface area contributed by atoms with Crippen molar-refractivity contribution < 1.29 is 27.2 Å². The van der Waals surface area contributed by atoms with Gasteiger partial charge in [-0.05, 0) is 36.4 Å². The van der Waals surface area contributed by atoms with Crippen LogP contribution < -0.4 is 5.32 Å². The van der Waals surface area contributed by atoms with Crippen LogP contribution in [0.15, 0.2) is 54.6 Å². The second-order valence-electron chi connectivity index (χ2n) is 6.25. The van der Waals surface area contributed by atoms with E-state index in [1.54, 1.807) is 30.3 Å². The lowest BCUT2D eigenvalue weighted by molar-refractivity contribution is -0.143. The van der Waals surface area contributed by atoms with Crippen LogP contribution in [0.1, 0.15) is 16.2 Å². The summed E-state index contributed by atoms with van der Waals surface area (Å²) in [5.41, 5.74) is -2.04. The smallest absolute Gasteiger partial charge is 0.331 e. The van der Waals surface area contributed by atoms with Crippen LogP contribution in [0, 0.1) is 5.82 Å². The molecule has 0 aliphatic carbocycles. The van der Waals surface area contributed by atoms with E-state index in [0.717, 1.165) is 29.2 Å². The molecule has 1 N–H and O–H groups in total. The summed E-state index contributed by atoms with van der Waals surface area (Å²) in [6, 6.07) is 12.4. The monoisotopic (exact) mass is 421 g/mol. The summed E-state index contributed by atoms with van der Waals surface area (Å²) < 4.78 is 54.5. The highest BCUT2D eigenvalue weighted by Gasteiger charge is 2.42. The second-order valence-corrected chi connectivity index (χ2v) is 6.25. The molecule has 0 bridgehead atoms. The van der Waals surface area contributed by atoms with Crippen LogP contribution in [-0.4, -0.2) is 45.3 Å². The molecule has 0 aliphatic heterocycles. The lowest BCUT2D eigenvalue weighted by Gasteiger charge is -2.17. The molecule has 1 heterocycles. The first-order chi connectivity index (χ1) is 14.2. The third-order valence-electron chi connectivity index (χ3n) is 4.00. The summed E-state index contributed by atoms with van der Waals surface area (Å²) in [6.07, 6.45) is -4.98. The Morgan fingerprint density at radius 1 is 1.07 bits per heavy atom. The Kier molecular flexibility index (Phi) is 5.81. The highest BCUT2D eigenvalue weighted by Crippen LogP contribution is 2.33. The van der Waals surface area contributed by atoms with Crippen LogP contribution in [0.25, 0.3) is 5.69 Å². The number of halogens is 4. The molecule has 3 aromatic rings. The van der Waals surface area contributed by atoms with Crippen LogP contribution in [0.4, 0.5) is 23.2 Å². The van der Waals surface area contributed by atoms with Crippen LogP contribution >= 0.6 is 0 Å². The molecule has 0 spiro atoms. The third kappa shape index (κ3) is 4.62. The van der Waals surface area contributed by atoms with Gasteiger partial charge in [0.15, 0.2) is 11.4 Å². The van der Waals surface area contributed by atoms with Crippen molar-refractivity contribution in [3.05, 3.63) is 71.8 Å². The minimum atomic E-state index is -4.98. The van der Waals surface area contributed by atoms with Crippen molar-refractivity contribution in [3.8, 4) is 5.69 Å². The molecule has 0 saturated carbocycles. The van der Waals surface area contributed by atoms with Gasteiger partial charge in [0.25, 0.3) is 5.91 Å². The Morgan fingerprint density at radius 3 is 2.30 bits per heavy atom. The van der Waals surface area contributed by atoms with Crippen LogP contribution in [0.5, 0.6) is 0 Å². The number of anilines is 1. The summed E-state index contributed by atoms with van der Waals surface area (Å²) in [5, 5.41) is 9.31. The maximum absolute atomic E-state index is 13.7. The lowest BCUT2D eigenvalue weighted by Crippen LogP contribution is -2.36. The quantitative estimate of drug-likeness (QED) is 0.642. The number of rotatable bonds is 5. The maximum atomic E-state index is 13.7. The molecule has 156 valence electrons. The predicted octanol–water partition coefficient (Wildman–Crippen LogP) is 3.14. The van der Waals surface area contributed by atoms with Crippen molar-refractivity contribution in [2.24, 2.45) is 0 Å². The summed E-state index contributed by atoms with van der Waals surface area (Å²) >= 11 is 0. The molecule has 0 fully saturated rings. The first kappa shape index (κ1) is 21.0. The third-order valence-corrected chi connectivity index (χ3v) is 4.00. The molecule has 0 aliphatic rings. The standard InChI is InChI=1S/C19H15F4N5O2/c1-27(11-15(29)24-13-5-3-2-4-6-13)18(30)16-17(19(21,22)23)28(26-25-16)14-9-7-12(20)8-10-14/h2-10H,11H2,1H3,(H,24,29). The number of hydrogen-bond acceptors (Lipinski definition) is 4. The lowest BCUT2D eigenvalue weighted by atomic mass is 10.2. The number of para-hydroxylation sites is 1. The number of nitrogens with one attached hydrogen (secondary N) is 1. The van der Waals surface area contributed by atoms with Crippen molar-refractivity contribution in [2.45, 2.75) is 6.18 Å². The van der Waals surface area contributed by atoms with E-state index in [4.69, 9.17) is 0 Å². The number of benzene rings is 2. The summed E-state index contributed by atoms with van der Waals surface area (Å²) in [4.78, 5) is 25.5. The van der Waals surface area contributed by atoms with E-state index >= 15 is 0 Å². The van der Waals surface area contributed by atoms with Crippen molar-refractivity contribution in [1.82, 2.24) is 19.9 Å². The van der Waals surface area contributed by atoms with Gasteiger partial charge in [-0.1, -0.05) is 23.4 Å². The number of carbonyl (C=O) groups excluding carboxylic acids is 2. The number of nitrogens with zero attached hydrogens (tertiary/aromatic N) is 4. The molecule has 2 amide bonds. The van der Waals surface area contributed by atoms with Gasteiger partial charge in [-0.15, -0.1) is 5.10 Å². The highest BCUT2D eigenvalue weighted by molar-refractivity contribution is 5.98. The van der Waals surface area contributed by atoms with Crippen molar-refractivity contribution >= 4 is 17.5 Å². The number of aromatic nitrogens is 3. The Labute approximate surface area is 167 Å². The van der Waals surface area contributed by atoms with Gasteiger partial charge in [-0.2, -0.15) is 13.2 Å². The summed E-state index contributed by atoms with van der Waals surface area (Å²) in [6.45, 7) is -0.506. The Hall–Kier alpha value is -3.76. The van der Waals surface area contributed by atoms with Crippen molar-refractivity contribution in [3.63, 3.8) is 0 Å². The van der Waals surface area contributed by atoms with E-state index in [2.05, 4.69) is 15.6 Å². The predicted molar refractivity (Wildman–Crippen MR) is 98.4 cm³/mol. The second kappa shape index (κ2) is 8.31. The normalized spacial score (nSPS) is 11.2. The van der Waals surface area contributed by atoms with Crippen molar-refractivity contribution in [1.29, 1.82) is 0 Å². The van der Waals surface area contributed by atoms with E-state index in [9.17, 15) is 27.2 Å². The number of carbonyl (C=O) groups is 2. The first-order valence-electron chi connectivity index (χ1n) is 8.56. The summed E-state index contributed by atoms with van der Waals surface area (Å²) in [5.74, 6) is -2.39. The van der Waals surface area contributed by atoms with Gasteiger partial charge in [-0.3, -0.25) is 9.59 Å². The zero-order valence-electron chi connectivity index (χ0n) is 15.5. The van der Waals surface area contributed by atoms with Gasteiger partial charge in [0.05, 0.1) is 12.2 Å². The molecule has 11 heteroatoms. The zero-order valence-corrected chi connectivity index (χ0v) is 15.5. The largest absolute Gasteiger partial charge is 0.435 e. The molecule has 30 heavy (non-hydrogen) atoms. The number of likely N-dealkylation sites (N-methyl/N-ethyl adjacent to an activating group) is 1. The minimum Gasteiger partial charge on any atom is -0.331 e. The Bertz CT molecular complexity index is 1050. The van der Waals surface area contributed by atoms with Gasteiger partial charge >= 0.3 is 6.18 Å². The fourth-order valence-corrected chi connectivity index (χ4v) is 2.63. The molecule has 0 atom stereocenters. The zero-order chi connectivity index (χ0) is 21.9. The van der Waals surface area contributed by atoms with Crippen molar-refractivity contribution in [2.75, 3.05) is 18.9 Å². The SMILES string of the molecule is CN(CC(=O)Nc1ccccc1)C(=O)c1nnn(-c2ccc(F)cc2)c1C(F)(F)F. The van der Waals surface area contributed by atoms with E-state index in [-0.39, 0.29) is 5.69 Å². The van der Waals surface area contributed by atoms with Crippen LogP contribution in [0.2, 0.25) is 0 Å². The van der Waals surface area contributed by atoms with Gasteiger partial charge in [0, 0.05) is 12.7 Å². The number of alkyl halides is 3. The Balaban J connectivity index is 1.84. The van der Waals surface area contributed by atoms with E-state index < -0.39 is 41.7 Å². The number of hydrogen-bond donors (Lipinski definition) is 1. The highest BCUT2D eigenvalue weighted by atomic mass is 19.4. The molecule has 0 saturated heterocycles. The minimum absolute atomic E-state index is 0.125. The first-order valence-corrected chi connectivity index (χ1v) is 8.56. The van der Waals surface area contributed by atoms with Gasteiger partial charge in [-0.25, -0.2) is 9.07 Å². The molecule has 0 radical (unpaired) electrons. The average molecular weight is 421 g/mol. The molecule has 1 aromatic heterocycles. The molecular weight excluding hydrogens is 406 g/mol. The fourth-order valence-electron chi connectivity index (χ4n) is 2.63. The molecule has 3 rings (SSSR count). The van der Waals surface area contributed by atoms with Gasteiger partial charge in [0.2, 0.25) is 5.91 Å². The molecule has 0 unspecified atom stereocenters. The van der Waals surface area contributed by atoms with Gasteiger partial charge in [0.1, 0.15) is 5.82 Å². The topological polar surface area (TPSA) is 80.1 Å². The Morgan fingerprint density at radius 2 is 1.70 bits per heavy atom. The van der Waals surface area contributed by atoms with E-state index in [0.29, 0.717) is 10.4 Å². The maximum Gasteiger partial charge on any atom is 0.435 e. The molecule has 7 nitrogen and oxygen atoms in total. The fraction of sp³-hybridized carbons (Fsp3) is 0.158. The van der Waals surface area contributed by atoms with E-state index in [1.807, 2.05) is 0 Å². The molecular formula is C19H15F4N5O2. The van der Waals surface area contributed by atoms with Crippen LogP contribution in [0.3, 0.4) is 0 Å². The number of amides is 2.